The molecule has 2 aromatic rings. The zero-order chi connectivity index (χ0) is 17.4. The third kappa shape index (κ3) is 2.97. The number of benzene rings is 1. The molecular weight excluding hydrogens is 312 g/mol. The number of piperidine rings is 1. The summed E-state index contributed by atoms with van der Waals surface area (Å²) < 4.78 is 1.96. The largest absolute Gasteiger partial charge is 0.352 e. The maximum atomic E-state index is 12.6. The first-order valence-electron chi connectivity index (χ1n) is 9.20. The number of carbonyl (C=O) groups is 1. The number of amides is 1. The van der Waals surface area contributed by atoms with Gasteiger partial charge in [0.2, 0.25) is 5.91 Å². The molecule has 2 N–H and O–H groups in total. The molecule has 1 saturated heterocycles. The predicted molar refractivity (Wildman–Crippen MR) is 97.5 cm³/mol. The van der Waals surface area contributed by atoms with Crippen LogP contribution < -0.4 is 10.6 Å². The van der Waals surface area contributed by atoms with Crippen LogP contribution in [0.15, 0.2) is 30.3 Å². The van der Waals surface area contributed by atoms with Gasteiger partial charge in [-0.2, -0.15) is 5.10 Å². The van der Waals surface area contributed by atoms with E-state index in [0.29, 0.717) is 6.54 Å². The summed E-state index contributed by atoms with van der Waals surface area (Å²) in [5, 5.41) is 11.2. The van der Waals surface area contributed by atoms with Crippen LogP contribution in [0.1, 0.15) is 36.2 Å². The van der Waals surface area contributed by atoms with Gasteiger partial charge < -0.3 is 10.6 Å². The lowest BCUT2D eigenvalue weighted by Crippen LogP contribution is -2.33. The van der Waals surface area contributed by atoms with Crippen molar-refractivity contribution >= 4 is 5.91 Å². The molecule has 25 heavy (non-hydrogen) atoms. The fraction of sp³-hybridized carbons (Fsp3) is 0.500. The SMILES string of the molecule is Cc1nn(-c2ccccc2)c(C)c1CNC(=O)C1CC12CCNCC2. The average molecular weight is 338 g/mol. The van der Waals surface area contributed by atoms with Crippen molar-refractivity contribution in [3.63, 3.8) is 0 Å². The Morgan fingerprint density at radius 2 is 2.00 bits per heavy atom. The molecule has 132 valence electrons. The third-order valence-corrected chi connectivity index (χ3v) is 5.99. The smallest absolute Gasteiger partial charge is 0.223 e. The second kappa shape index (κ2) is 6.30. The van der Waals surface area contributed by atoms with E-state index in [1.54, 1.807) is 0 Å². The van der Waals surface area contributed by atoms with Gasteiger partial charge in [-0.3, -0.25) is 4.79 Å². The van der Waals surface area contributed by atoms with Gasteiger partial charge in [0.15, 0.2) is 0 Å². The highest BCUT2D eigenvalue weighted by Crippen LogP contribution is 2.58. The van der Waals surface area contributed by atoms with E-state index in [2.05, 4.69) is 22.7 Å². The average Bonchev–Trinajstić information content (AvgIpc) is 3.25. The summed E-state index contributed by atoms with van der Waals surface area (Å²) in [6.07, 6.45) is 3.33. The summed E-state index contributed by atoms with van der Waals surface area (Å²) >= 11 is 0. The number of para-hydroxylation sites is 1. The van der Waals surface area contributed by atoms with Crippen LogP contribution in [-0.4, -0.2) is 28.8 Å². The van der Waals surface area contributed by atoms with Crippen molar-refractivity contribution in [1.82, 2.24) is 20.4 Å². The molecule has 1 atom stereocenters. The van der Waals surface area contributed by atoms with E-state index in [1.807, 2.05) is 41.9 Å². The third-order valence-electron chi connectivity index (χ3n) is 5.99. The summed E-state index contributed by atoms with van der Waals surface area (Å²) in [4.78, 5) is 12.6. The van der Waals surface area contributed by atoms with Crippen LogP contribution in [0, 0.1) is 25.2 Å². The van der Waals surface area contributed by atoms with Crippen molar-refractivity contribution in [2.75, 3.05) is 13.1 Å². The molecular formula is C20H26N4O. The molecule has 5 heteroatoms. The molecule has 2 fully saturated rings. The Morgan fingerprint density at radius 3 is 2.72 bits per heavy atom. The quantitative estimate of drug-likeness (QED) is 0.900. The van der Waals surface area contributed by atoms with E-state index in [9.17, 15) is 4.79 Å². The normalized spacial score (nSPS) is 21.3. The van der Waals surface area contributed by atoms with E-state index in [4.69, 9.17) is 0 Å². The fourth-order valence-corrected chi connectivity index (χ4v) is 4.25. The van der Waals surface area contributed by atoms with E-state index < -0.39 is 0 Å². The molecule has 4 rings (SSSR count). The number of aryl methyl sites for hydroxylation is 1. The summed E-state index contributed by atoms with van der Waals surface area (Å²) in [5.74, 6) is 0.424. The lowest BCUT2D eigenvalue weighted by atomic mass is 9.92. The first kappa shape index (κ1) is 16.3. The Kier molecular flexibility index (Phi) is 4.12. The first-order chi connectivity index (χ1) is 12.1. The van der Waals surface area contributed by atoms with Crippen LogP contribution >= 0.6 is 0 Å². The van der Waals surface area contributed by atoms with Crippen LogP contribution in [-0.2, 0) is 11.3 Å². The van der Waals surface area contributed by atoms with Gasteiger partial charge in [-0.15, -0.1) is 0 Å². The number of aromatic nitrogens is 2. The minimum absolute atomic E-state index is 0.208. The van der Waals surface area contributed by atoms with Gasteiger partial charge in [0.1, 0.15) is 0 Å². The van der Waals surface area contributed by atoms with Crippen molar-refractivity contribution in [1.29, 1.82) is 0 Å². The molecule has 1 spiro atoms. The van der Waals surface area contributed by atoms with E-state index >= 15 is 0 Å². The van der Waals surface area contributed by atoms with Crippen molar-refractivity contribution in [2.45, 2.75) is 39.7 Å². The molecule has 1 aromatic carbocycles. The highest BCUT2D eigenvalue weighted by Gasteiger charge is 2.57. The zero-order valence-electron chi connectivity index (χ0n) is 15.0. The Bertz CT molecular complexity index is 774. The Hall–Kier alpha value is -2.14. The summed E-state index contributed by atoms with van der Waals surface area (Å²) in [6, 6.07) is 10.1. The van der Waals surface area contributed by atoms with Gasteiger partial charge in [0, 0.05) is 23.7 Å². The lowest BCUT2D eigenvalue weighted by Gasteiger charge is -2.23. The van der Waals surface area contributed by atoms with Gasteiger partial charge in [0.05, 0.1) is 11.4 Å². The van der Waals surface area contributed by atoms with Gasteiger partial charge in [0.25, 0.3) is 0 Å². The van der Waals surface area contributed by atoms with Crippen molar-refractivity contribution < 1.29 is 4.79 Å². The second-order valence-corrected chi connectivity index (χ2v) is 7.48. The van der Waals surface area contributed by atoms with Crippen LogP contribution in [0.2, 0.25) is 0 Å². The Labute approximate surface area is 148 Å². The molecule has 5 nitrogen and oxygen atoms in total. The highest BCUT2D eigenvalue weighted by molar-refractivity contribution is 5.82. The zero-order valence-corrected chi connectivity index (χ0v) is 15.0. The number of rotatable bonds is 4. The molecule has 1 unspecified atom stereocenters. The molecule has 1 aliphatic heterocycles. The Morgan fingerprint density at radius 1 is 1.28 bits per heavy atom. The standard InChI is InChI=1S/C20H26N4O/c1-14-17(15(2)24(23-14)16-6-4-3-5-7-16)13-22-19(25)18-12-20(18)8-10-21-11-9-20/h3-7,18,21H,8-13H2,1-2H3,(H,22,25). The van der Waals surface area contributed by atoms with Crippen molar-refractivity contribution in [2.24, 2.45) is 11.3 Å². The van der Waals surface area contributed by atoms with Crippen LogP contribution in [0.5, 0.6) is 0 Å². The second-order valence-electron chi connectivity index (χ2n) is 7.48. The maximum absolute atomic E-state index is 12.6. The number of nitrogens with zero attached hydrogens (tertiary/aromatic N) is 2. The molecule has 1 saturated carbocycles. The molecule has 1 aliphatic carbocycles. The maximum Gasteiger partial charge on any atom is 0.223 e. The molecule has 2 aliphatic rings. The Balaban J connectivity index is 1.43. The summed E-state index contributed by atoms with van der Waals surface area (Å²) in [5.41, 5.74) is 4.53. The molecule has 1 aromatic heterocycles. The van der Waals surface area contributed by atoms with Crippen LogP contribution in [0.3, 0.4) is 0 Å². The monoisotopic (exact) mass is 338 g/mol. The topological polar surface area (TPSA) is 59.0 Å². The van der Waals surface area contributed by atoms with Gasteiger partial charge in [-0.05, 0) is 63.7 Å². The van der Waals surface area contributed by atoms with E-state index in [1.165, 1.54) is 0 Å². The number of carbonyl (C=O) groups excluding carboxylic acids is 1. The lowest BCUT2D eigenvalue weighted by molar-refractivity contribution is -0.123. The van der Waals surface area contributed by atoms with Crippen molar-refractivity contribution in [3.05, 3.63) is 47.3 Å². The van der Waals surface area contributed by atoms with Crippen molar-refractivity contribution in [3.8, 4) is 5.69 Å². The molecule has 0 radical (unpaired) electrons. The van der Waals surface area contributed by atoms with Crippen LogP contribution in [0.25, 0.3) is 5.69 Å². The number of nitrogens with one attached hydrogen (secondary N) is 2. The molecule has 2 heterocycles. The predicted octanol–water partition coefficient (Wildman–Crippen LogP) is 2.50. The summed E-state index contributed by atoms with van der Waals surface area (Å²) in [7, 11) is 0. The highest BCUT2D eigenvalue weighted by atomic mass is 16.2. The van der Waals surface area contributed by atoms with Crippen LogP contribution in [0.4, 0.5) is 0 Å². The molecule has 0 bridgehead atoms. The molecule has 1 amide bonds. The fourth-order valence-electron chi connectivity index (χ4n) is 4.25. The minimum Gasteiger partial charge on any atom is -0.352 e. The number of hydrogen-bond donors (Lipinski definition) is 2. The van der Waals surface area contributed by atoms with Gasteiger partial charge in [-0.1, -0.05) is 18.2 Å². The van der Waals surface area contributed by atoms with Gasteiger partial charge >= 0.3 is 0 Å². The number of hydrogen-bond acceptors (Lipinski definition) is 3. The minimum atomic E-state index is 0.208. The van der Waals surface area contributed by atoms with E-state index in [0.717, 1.165) is 55.0 Å². The summed E-state index contributed by atoms with van der Waals surface area (Å²) in [6.45, 7) is 6.74. The van der Waals surface area contributed by atoms with E-state index in [-0.39, 0.29) is 17.2 Å². The van der Waals surface area contributed by atoms with Gasteiger partial charge in [-0.25, -0.2) is 4.68 Å². The first-order valence-corrected chi connectivity index (χ1v) is 9.20.